The van der Waals surface area contributed by atoms with Gasteiger partial charge < -0.3 is 10.6 Å². The molecule has 0 saturated heterocycles. The first-order chi connectivity index (χ1) is 8.79. The lowest BCUT2D eigenvalue weighted by Gasteiger charge is -2.22. The molecular weight excluding hydrogens is 248 g/mol. The fourth-order valence-corrected chi connectivity index (χ4v) is 1.81. The Kier molecular flexibility index (Phi) is 4.50. The molecule has 0 bridgehead atoms. The zero-order chi connectivity index (χ0) is 12.8. The third-order valence-electron chi connectivity index (χ3n) is 2.56. The molecule has 5 heteroatoms. The van der Waals surface area contributed by atoms with Gasteiger partial charge in [-0.2, -0.15) is 0 Å². The second-order valence-electron chi connectivity index (χ2n) is 3.91. The van der Waals surface area contributed by atoms with Gasteiger partial charge in [-0.15, -0.1) is 10.2 Å². The third kappa shape index (κ3) is 3.42. The van der Waals surface area contributed by atoms with Gasteiger partial charge in [-0.25, -0.2) is 0 Å². The highest BCUT2D eigenvalue weighted by molar-refractivity contribution is 6.29. The summed E-state index contributed by atoms with van der Waals surface area (Å²) in [6.07, 6.45) is 0. The van der Waals surface area contributed by atoms with Gasteiger partial charge >= 0.3 is 0 Å². The molecule has 2 aromatic rings. The highest BCUT2D eigenvalue weighted by Crippen LogP contribution is 2.14. The van der Waals surface area contributed by atoms with Crippen LogP contribution < -0.4 is 10.6 Å². The number of anilines is 1. The SMILES string of the molecule is NCCN(Cc1ccccc1)c1ccc(Cl)nn1. The normalized spacial score (nSPS) is 10.3. The molecule has 0 saturated carbocycles. The fraction of sp³-hybridized carbons (Fsp3) is 0.231. The molecule has 2 N–H and O–H groups in total. The average Bonchev–Trinajstić information content (AvgIpc) is 2.40. The van der Waals surface area contributed by atoms with Crippen LogP contribution in [0, 0.1) is 0 Å². The minimum Gasteiger partial charge on any atom is -0.350 e. The number of nitrogens with zero attached hydrogens (tertiary/aromatic N) is 3. The zero-order valence-corrected chi connectivity index (χ0v) is 10.7. The van der Waals surface area contributed by atoms with Gasteiger partial charge in [0.2, 0.25) is 0 Å². The number of benzene rings is 1. The monoisotopic (exact) mass is 262 g/mol. The van der Waals surface area contributed by atoms with Crippen molar-refractivity contribution in [3.63, 3.8) is 0 Å². The molecule has 0 fully saturated rings. The Morgan fingerprint density at radius 2 is 1.83 bits per heavy atom. The van der Waals surface area contributed by atoms with Crippen molar-refractivity contribution in [2.75, 3.05) is 18.0 Å². The van der Waals surface area contributed by atoms with Gasteiger partial charge in [0.15, 0.2) is 11.0 Å². The Balaban J connectivity index is 2.15. The van der Waals surface area contributed by atoms with Crippen molar-refractivity contribution in [1.29, 1.82) is 0 Å². The summed E-state index contributed by atoms with van der Waals surface area (Å²) in [5, 5.41) is 8.33. The Bertz CT molecular complexity index is 472. The maximum absolute atomic E-state index is 5.74. The molecule has 18 heavy (non-hydrogen) atoms. The molecule has 0 aliphatic rings. The van der Waals surface area contributed by atoms with Gasteiger partial charge in [0, 0.05) is 19.6 Å². The van der Waals surface area contributed by atoms with E-state index in [2.05, 4.69) is 27.2 Å². The number of rotatable bonds is 5. The maximum Gasteiger partial charge on any atom is 0.151 e. The predicted octanol–water partition coefficient (Wildman–Crippen LogP) is 2.10. The summed E-state index contributed by atoms with van der Waals surface area (Å²) in [5.74, 6) is 0.786. The van der Waals surface area contributed by atoms with Crippen molar-refractivity contribution in [2.24, 2.45) is 5.73 Å². The summed E-state index contributed by atoms with van der Waals surface area (Å²) >= 11 is 5.74. The molecular formula is C13H15ClN4. The molecule has 1 aromatic heterocycles. The summed E-state index contributed by atoms with van der Waals surface area (Å²) in [7, 11) is 0. The minimum absolute atomic E-state index is 0.395. The summed E-state index contributed by atoms with van der Waals surface area (Å²) in [6.45, 7) is 2.05. The van der Waals surface area contributed by atoms with Crippen LogP contribution in [0.25, 0.3) is 0 Å². The number of hydrogen-bond donors (Lipinski definition) is 1. The van der Waals surface area contributed by atoms with E-state index in [1.165, 1.54) is 5.56 Å². The van der Waals surface area contributed by atoms with Crippen LogP contribution in [0.4, 0.5) is 5.82 Å². The smallest absolute Gasteiger partial charge is 0.151 e. The van der Waals surface area contributed by atoms with Gasteiger partial charge in [-0.3, -0.25) is 0 Å². The van der Waals surface area contributed by atoms with E-state index in [4.69, 9.17) is 17.3 Å². The van der Waals surface area contributed by atoms with E-state index in [-0.39, 0.29) is 0 Å². The second-order valence-corrected chi connectivity index (χ2v) is 4.30. The summed E-state index contributed by atoms with van der Waals surface area (Å²) in [4.78, 5) is 2.08. The van der Waals surface area contributed by atoms with Crippen LogP contribution in [0.5, 0.6) is 0 Å². The molecule has 0 amide bonds. The average molecular weight is 263 g/mol. The number of hydrogen-bond acceptors (Lipinski definition) is 4. The van der Waals surface area contributed by atoms with E-state index >= 15 is 0 Å². The van der Waals surface area contributed by atoms with Crippen LogP contribution >= 0.6 is 11.6 Å². The lowest BCUT2D eigenvalue weighted by Crippen LogP contribution is -2.29. The quantitative estimate of drug-likeness (QED) is 0.897. The number of halogens is 1. The van der Waals surface area contributed by atoms with E-state index in [9.17, 15) is 0 Å². The Morgan fingerprint density at radius 1 is 1.06 bits per heavy atom. The van der Waals surface area contributed by atoms with Crippen LogP contribution in [0.15, 0.2) is 42.5 Å². The van der Waals surface area contributed by atoms with Crippen LogP contribution in [-0.4, -0.2) is 23.3 Å². The van der Waals surface area contributed by atoms with Crippen molar-refractivity contribution in [2.45, 2.75) is 6.54 Å². The molecule has 0 aliphatic heterocycles. The van der Waals surface area contributed by atoms with E-state index in [0.29, 0.717) is 11.7 Å². The minimum atomic E-state index is 0.395. The van der Waals surface area contributed by atoms with E-state index < -0.39 is 0 Å². The molecule has 0 radical (unpaired) electrons. The fourth-order valence-electron chi connectivity index (χ4n) is 1.71. The highest BCUT2D eigenvalue weighted by atomic mass is 35.5. The van der Waals surface area contributed by atoms with Gasteiger partial charge in [0.05, 0.1) is 0 Å². The molecule has 2 rings (SSSR count). The van der Waals surface area contributed by atoms with Gasteiger partial charge in [0.1, 0.15) is 0 Å². The summed E-state index contributed by atoms with van der Waals surface area (Å²) < 4.78 is 0. The first-order valence-electron chi connectivity index (χ1n) is 5.78. The maximum atomic E-state index is 5.74. The number of aromatic nitrogens is 2. The van der Waals surface area contributed by atoms with Crippen LogP contribution in [0.2, 0.25) is 5.15 Å². The molecule has 0 aliphatic carbocycles. The van der Waals surface area contributed by atoms with Crippen molar-refractivity contribution in [3.05, 3.63) is 53.2 Å². The molecule has 0 unspecified atom stereocenters. The van der Waals surface area contributed by atoms with E-state index in [1.54, 1.807) is 6.07 Å². The standard InChI is InChI=1S/C13H15ClN4/c14-12-6-7-13(17-16-12)18(9-8-15)10-11-4-2-1-3-5-11/h1-7H,8-10,15H2. The molecule has 94 valence electrons. The molecule has 1 aromatic carbocycles. The van der Waals surface area contributed by atoms with Crippen LogP contribution in [0.3, 0.4) is 0 Å². The first kappa shape index (κ1) is 12.8. The predicted molar refractivity (Wildman–Crippen MR) is 73.6 cm³/mol. The Morgan fingerprint density at radius 3 is 2.44 bits per heavy atom. The second kappa shape index (κ2) is 6.33. The molecule has 0 spiro atoms. The third-order valence-corrected chi connectivity index (χ3v) is 2.76. The van der Waals surface area contributed by atoms with Crippen molar-refractivity contribution >= 4 is 17.4 Å². The zero-order valence-electron chi connectivity index (χ0n) is 9.96. The topological polar surface area (TPSA) is 55.0 Å². The molecule has 4 nitrogen and oxygen atoms in total. The van der Waals surface area contributed by atoms with Crippen molar-refractivity contribution < 1.29 is 0 Å². The van der Waals surface area contributed by atoms with E-state index in [0.717, 1.165) is 18.9 Å². The largest absolute Gasteiger partial charge is 0.350 e. The molecule has 1 heterocycles. The van der Waals surface area contributed by atoms with Crippen molar-refractivity contribution in [1.82, 2.24) is 10.2 Å². The lowest BCUT2D eigenvalue weighted by molar-refractivity contribution is 0.763. The lowest BCUT2D eigenvalue weighted by atomic mass is 10.2. The van der Waals surface area contributed by atoms with E-state index in [1.807, 2.05) is 24.3 Å². The van der Waals surface area contributed by atoms with Gasteiger partial charge in [0.25, 0.3) is 0 Å². The molecule has 0 atom stereocenters. The van der Waals surface area contributed by atoms with Gasteiger partial charge in [-0.1, -0.05) is 41.9 Å². The summed E-state index contributed by atoms with van der Waals surface area (Å²) in [6, 6.07) is 13.8. The summed E-state index contributed by atoms with van der Waals surface area (Å²) in [5.41, 5.74) is 6.85. The van der Waals surface area contributed by atoms with Crippen LogP contribution in [0.1, 0.15) is 5.56 Å². The van der Waals surface area contributed by atoms with Crippen molar-refractivity contribution in [3.8, 4) is 0 Å². The highest BCUT2D eigenvalue weighted by Gasteiger charge is 2.08. The Hall–Kier alpha value is -1.65. The van der Waals surface area contributed by atoms with Gasteiger partial charge in [-0.05, 0) is 17.7 Å². The Labute approximate surface area is 111 Å². The van der Waals surface area contributed by atoms with Crippen LogP contribution in [-0.2, 0) is 6.54 Å². The number of nitrogens with two attached hydrogens (primary N) is 1. The first-order valence-corrected chi connectivity index (χ1v) is 6.15.